The third kappa shape index (κ3) is 3.02. The molecule has 3 heteroatoms. The van der Waals surface area contributed by atoms with E-state index in [2.05, 4.69) is 46.4 Å². The number of rotatable bonds is 5. The van der Waals surface area contributed by atoms with E-state index in [1.54, 1.807) is 0 Å². The maximum Gasteiger partial charge on any atom is 0.0780 e. The zero-order chi connectivity index (χ0) is 15.9. The Hall–Kier alpha value is -0.120. The zero-order valence-corrected chi connectivity index (χ0v) is 14.9. The average molecular weight is 297 g/mol. The molecule has 2 unspecified atom stereocenters. The summed E-state index contributed by atoms with van der Waals surface area (Å²) in [6.07, 6.45) is 5.39. The Bertz CT molecular complexity index is 354. The smallest absolute Gasteiger partial charge is 0.0780 e. The van der Waals surface area contributed by atoms with Crippen LogP contribution in [0.1, 0.15) is 73.6 Å². The average Bonchev–Trinajstić information content (AvgIpc) is 2.93. The second kappa shape index (κ2) is 5.82. The van der Waals surface area contributed by atoms with Crippen molar-refractivity contribution in [2.75, 3.05) is 13.1 Å². The second-order valence-corrected chi connectivity index (χ2v) is 8.20. The quantitative estimate of drug-likeness (QED) is 0.841. The molecule has 1 saturated heterocycles. The van der Waals surface area contributed by atoms with Crippen LogP contribution in [0.2, 0.25) is 0 Å². The Kier molecular flexibility index (Phi) is 4.78. The minimum Gasteiger partial charge on any atom is -0.391 e. The summed E-state index contributed by atoms with van der Waals surface area (Å²) in [5.74, 6) is 0.214. The maximum absolute atomic E-state index is 11.4. The summed E-state index contributed by atoms with van der Waals surface area (Å²) in [5.41, 5.74) is -0.404. The molecule has 1 saturated carbocycles. The highest BCUT2D eigenvalue weighted by molar-refractivity contribution is 5.08. The van der Waals surface area contributed by atoms with Gasteiger partial charge in [-0.3, -0.25) is 4.90 Å². The maximum atomic E-state index is 11.4. The van der Waals surface area contributed by atoms with Crippen LogP contribution in [-0.4, -0.2) is 45.9 Å². The van der Waals surface area contributed by atoms with Crippen LogP contribution in [0.25, 0.3) is 0 Å². The van der Waals surface area contributed by atoms with Crippen LogP contribution in [0.4, 0.5) is 0 Å². The molecule has 1 aliphatic carbocycles. The molecule has 0 spiro atoms. The molecule has 0 aromatic carbocycles. The summed E-state index contributed by atoms with van der Waals surface area (Å²) in [6, 6.07) is 0. The molecule has 124 valence electrons. The molecule has 1 aliphatic heterocycles. The SMILES string of the molecule is CCN(CC)C1(C(O)C2CC(C)(C)OC2(C)C)CCCC1. The van der Waals surface area contributed by atoms with E-state index in [0.29, 0.717) is 0 Å². The van der Waals surface area contributed by atoms with Gasteiger partial charge in [-0.1, -0.05) is 26.7 Å². The highest BCUT2D eigenvalue weighted by Crippen LogP contribution is 2.49. The topological polar surface area (TPSA) is 32.7 Å². The summed E-state index contributed by atoms with van der Waals surface area (Å²) < 4.78 is 6.24. The van der Waals surface area contributed by atoms with Crippen molar-refractivity contribution in [2.24, 2.45) is 5.92 Å². The first kappa shape index (κ1) is 17.2. The van der Waals surface area contributed by atoms with Crippen molar-refractivity contribution >= 4 is 0 Å². The van der Waals surface area contributed by atoms with Gasteiger partial charge in [0.25, 0.3) is 0 Å². The first-order valence-electron chi connectivity index (χ1n) is 8.82. The fourth-order valence-corrected chi connectivity index (χ4v) is 5.11. The lowest BCUT2D eigenvalue weighted by Gasteiger charge is -2.48. The van der Waals surface area contributed by atoms with Gasteiger partial charge >= 0.3 is 0 Å². The van der Waals surface area contributed by atoms with Gasteiger partial charge in [-0.25, -0.2) is 0 Å². The molecule has 2 aliphatic rings. The molecule has 0 amide bonds. The lowest BCUT2D eigenvalue weighted by Crippen LogP contribution is -2.59. The second-order valence-electron chi connectivity index (χ2n) is 8.20. The van der Waals surface area contributed by atoms with E-state index in [1.165, 1.54) is 12.8 Å². The minimum absolute atomic E-state index is 0.0325. The molecule has 0 radical (unpaired) electrons. The van der Waals surface area contributed by atoms with E-state index in [1.807, 2.05) is 0 Å². The Morgan fingerprint density at radius 1 is 1.10 bits per heavy atom. The summed E-state index contributed by atoms with van der Waals surface area (Å²) in [6.45, 7) is 15.1. The number of hydrogen-bond acceptors (Lipinski definition) is 3. The summed E-state index contributed by atoms with van der Waals surface area (Å²) in [4.78, 5) is 2.51. The van der Waals surface area contributed by atoms with Gasteiger partial charge in [0.1, 0.15) is 0 Å². The van der Waals surface area contributed by atoms with E-state index in [0.717, 1.165) is 32.4 Å². The van der Waals surface area contributed by atoms with Gasteiger partial charge in [-0.05, 0) is 60.0 Å². The Morgan fingerprint density at radius 2 is 1.62 bits per heavy atom. The van der Waals surface area contributed by atoms with Gasteiger partial charge in [-0.2, -0.15) is 0 Å². The van der Waals surface area contributed by atoms with Gasteiger partial charge in [0, 0.05) is 11.5 Å². The van der Waals surface area contributed by atoms with Crippen molar-refractivity contribution in [3.63, 3.8) is 0 Å². The van der Waals surface area contributed by atoms with Crippen molar-refractivity contribution in [3.8, 4) is 0 Å². The molecule has 2 rings (SSSR count). The largest absolute Gasteiger partial charge is 0.391 e. The molecule has 1 N–H and O–H groups in total. The Morgan fingerprint density at radius 3 is 2.00 bits per heavy atom. The van der Waals surface area contributed by atoms with Crippen LogP contribution in [-0.2, 0) is 4.74 Å². The number of nitrogens with zero attached hydrogens (tertiary/aromatic N) is 1. The molecule has 3 nitrogen and oxygen atoms in total. The van der Waals surface area contributed by atoms with Gasteiger partial charge in [0.2, 0.25) is 0 Å². The fourth-order valence-electron chi connectivity index (χ4n) is 5.11. The number of hydrogen-bond donors (Lipinski definition) is 1. The van der Waals surface area contributed by atoms with Crippen LogP contribution in [0.15, 0.2) is 0 Å². The van der Waals surface area contributed by atoms with Crippen LogP contribution < -0.4 is 0 Å². The molecule has 1 heterocycles. The van der Waals surface area contributed by atoms with Crippen LogP contribution in [0.5, 0.6) is 0 Å². The van der Waals surface area contributed by atoms with Gasteiger partial charge in [-0.15, -0.1) is 0 Å². The fraction of sp³-hybridized carbons (Fsp3) is 1.00. The van der Waals surface area contributed by atoms with Crippen molar-refractivity contribution in [1.82, 2.24) is 4.90 Å². The summed E-state index contributed by atoms with van der Waals surface area (Å²) >= 11 is 0. The van der Waals surface area contributed by atoms with E-state index >= 15 is 0 Å². The highest BCUT2D eigenvalue weighted by atomic mass is 16.5. The summed E-state index contributed by atoms with van der Waals surface area (Å²) in [7, 11) is 0. The lowest BCUT2D eigenvalue weighted by molar-refractivity contribution is -0.115. The van der Waals surface area contributed by atoms with E-state index in [-0.39, 0.29) is 28.8 Å². The van der Waals surface area contributed by atoms with Crippen molar-refractivity contribution in [3.05, 3.63) is 0 Å². The van der Waals surface area contributed by atoms with E-state index in [9.17, 15) is 5.11 Å². The predicted molar refractivity (Wildman–Crippen MR) is 87.5 cm³/mol. The molecule has 21 heavy (non-hydrogen) atoms. The van der Waals surface area contributed by atoms with E-state index in [4.69, 9.17) is 4.74 Å². The van der Waals surface area contributed by atoms with Crippen LogP contribution in [0.3, 0.4) is 0 Å². The minimum atomic E-state index is -0.295. The van der Waals surface area contributed by atoms with Crippen molar-refractivity contribution in [1.29, 1.82) is 0 Å². The van der Waals surface area contributed by atoms with Crippen molar-refractivity contribution < 1.29 is 9.84 Å². The van der Waals surface area contributed by atoms with Gasteiger partial charge < -0.3 is 9.84 Å². The third-order valence-electron chi connectivity index (χ3n) is 5.94. The number of aliphatic hydroxyl groups is 1. The van der Waals surface area contributed by atoms with Gasteiger partial charge in [0.05, 0.1) is 17.3 Å². The first-order chi connectivity index (χ1) is 9.68. The van der Waals surface area contributed by atoms with Crippen molar-refractivity contribution in [2.45, 2.75) is 96.5 Å². The molecule has 2 atom stereocenters. The highest BCUT2D eigenvalue weighted by Gasteiger charge is 2.56. The molecule has 0 aromatic heterocycles. The normalized spacial score (nSPS) is 31.7. The predicted octanol–water partition coefficient (Wildman–Crippen LogP) is 3.60. The zero-order valence-electron chi connectivity index (χ0n) is 14.9. The third-order valence-corrected chi connectivity index (χ3v) is 5.94. The molecular weight excluding hydrogens is 262 g/mol. The molecular formula is C18H35NO2. The molecule has 0 bridgehead atoms. The molecule has 2 fully saturated rings. The van der Waals surface area contributed by atoms with Gasteiger partial charge in [0.15, 0.2) is 0 Å². The Labute approximate surface area is 131 Å². The first-order valence-corrected chi connectivity index (χ1v) is 8.82. The lowest BCUT2D eigenvalue weighted by atomic mass is 9.73. The monoisotopic (exact) mass is 297 g/mol. The Balaban J connectivity index is 2.29. The number of ether oxygens (including phenoxy) is 1. The number of likely N-dealkylation sites (N-methyl/N-ethyl adjacent to an activating group) is 1. The van der Waals surface area contributed by atoms with Crippen LogP contribution >= 0.6 is 0 Å². The summed E-state index contributed by atoms with van der Waals surface area (Å²) in [5, 5.41) is 11.4. The van der Waals surface area contributed by atoms with Crippen LogP contribution in [0, 0.1) is 5.92 Å². The number of aliphatic hydroxyl groups excluding tert-OH is 1. The van der Waals surface area contributed by atoms with E-state index < -0.39 is 0 Å². The molecule has 0 aromatic rings. The standard InChI is InChI=1S/C18H35NO2/c1-7-19(8-2)18(11-9-10-12-18)15(20)14-13-16(3,4)21-17(14,5)6/h14-15,20H,7-13H2,1-6H3.